The maximum Gasteiger partial charge on any atom is 0.573 e. The average Bonchev–Trinajstić information content (AvgIpc) is 3.28. The van der Waals surface area contributed by atoms with Crippen molar-refractivity contribution in [2.24, 2.45) is 5.92 Å². The van der Waals surface area contributed by atoms with Gasteiger partial charge in [0.15, 0.2) is 0 Å². The number of rotatable bonds is 8. The Balaban J connectivity index is 1.79. The number of aryl methyl sites for hydroxylation is 1. The number of aliphatic carboxylic acids is 1. The van der Waals surface area contributed by atoms with Gasteiger partial charge < -0.3 is 15.2 Å². The summed E-state index contributed by atoms with van der Waals surface area (Å²) in [6.45, 7) is 0. The van der Waals surface area contributed by atoms with E-state index in [4.69, 9.17) is 5.11 Å². The molecule has 2 N–H and O–H groups in total. The monoisotopic (exact) mass is 345 g/mol. The van der Waals surface area contributed by atoms with Crippen molar-refractivity contribution < 1.29 is 32.6 Å². The molecule has 1 amide bonds. The van der Waals surface area contributed by atoms with Crippen LogP contribution in [-0.4, -0.2) is 29.4 Å². The fourth-order valence-electron chi connectivity index (χ4n) is 2.29. The van der Waals surface area contributed by atoms with Crippen molar-refractivity contribution in [3.05, 3.63) is 29.8 Å². The van der Waals surface area contributed by atoms with E-state index in [1.54, 1.807) is 0 Å². The molecule has 0 spiro atoms. The zero-order valence-electron chi connectivity index (χ0n) is 12.8. The molecule has 0 radical (unpaired) electrons. The van der Waals surface area contributed by atoms with Gasteiger partial charge in [-0.25, -0.2) is 4.79 Å². The summed E-state index contributed by atoms with van der Waals surface area (Å²) in [6.07, 6.45) is -1.96. The summed E-state index contributed by atoms with van der Waals surface area (Å²) in [5.41, 5.74) is 0.661. The number of benzene rings is 1. The summed E-state index contributed by atoms with van der Waals surface area (Å²) in [5, 5.41) is 11.6. The number of alkyl halides is 3. The summed E-state index contributed by atoms with van der Waals surface area (Å²) < 4.78 is 39.9. The third kappa shape index (κ3) is 6.47. The number of carboxylic acid groups (broad SMARTS) is 1. The molecule has 2 rings (SSSR count). The Hall–Kier alpha value is -2.25. The van der Waals surface area contributed by atoms with Crippen molar-refractivity contribution in [3.63, 3.8) is 0 Å². The van der Waals surface area contributed by atoms with Crippen molar-refractivity contribution in [1.82, 2.24) is 5.32 Å². The van der Waals surface area contributed by atoms with Crippen molar-refractivity contribution in [2.45, 2.75) is 44.5 Å². The molecule has 0 heterocycles. The van der Waals surface area contributed by atoms with E-state index in [0.717, 1.165) is 12.8 Å². The number of carbonyl (C=O) groups excluding carboxylic acids is 1. The smallest absolute Gasteiger partial charge is 0.480 e. The first kappa shape index (κ1) is 18.1. The normalized spacial score (nSPS) is 15.6. The third-order valence-electron chi connectivity index (χ3n) is 3.70. The van der Waals surface area contributed by atoms with E-state index in [2.05, 4.69) is 10.1 Å². The van der Waals surface area contributed by atoms with Gasteiger partial charge in [0.2, 0.25) is 5.91 Å². The first-order chi connectivity index (χ1) is 11.2. The minimum Gasteiger partial charge on any atom is -0.480 e. The fraction of sp³-hybridized carbons (Fsp3) is 0.500. The molecule has 0 saturated heterocycles. The third-order valence-corrected chi connectivity index (χ3v) is 3.70. The van der Waals surface area contributed by atoms with Gasteiger partial charge in [-0.2, -0.15) is 0 Å². The highest BCUT2D eigenvalue weighted by molar-refractivity contribution is 5.83. The molecule has 5 nitrogen and oxygen atoms in total. The molecular formula is C16H18F3NO4. The molecule has 1 aliphatic rings. The van der Waals surface area contributed by atoms with Crippen LogP contribution in [0, 0.1) is 5.92 Å². The van der Waals surface area contributed by atoms with Gasteiger partial charge in [-0.1, -0.05) is 25.0 Å². The minimum atomic E-state index is -4.74. The van der Waals surface area contributed by atoms with Crippen LogP contribution in [0.2, 0.25) is 0 Å². The molecule has 1 unspecified atom stereocenters. The van der Waals surface area contributed by atoms with Gasteiger partial charge in [-0.15, -0.1) is 13.2 Å². The standard InChI is InChI=1S/C16H18F3NO4/c17-16(18,19)24-12-6-3-10(4-7-12)5-8-14(21)20-13(15(22)23)9-11-1-2-11/h3-4,6-7,11,13H,1-2,5,8-9H2,(H,20,21)(H,22,23). The lowest BCUT2D eigenvalue weighted by Gasteiger charge is -2.14. The maximum absolute atomic E-state index is 12.1. The number of nitrogens with one attached hydrogen (secondary N) is 1. The van der Waals surface area contributed by atoms with Crippen LogP contribution >= 0.6 is 0 Å². The van der Waals surface area contributed by atoms with Crippen LogP contribution in [0.3, 0.4) is 0 Å². The van der Waals surface area contributed by atoms with Gasteiger partial charge in [0.05, 0.1) is 0 Å². The van der Waals surface area contributed by atoms with E-state index in [9.17, 15) is 22.8 Å². The van der Waals surface area contributed by atoms with E-state index in [1.165, 1.54) is 24.3 Å². The van der Waals surface area contributed by atoms with Gasteiger partial charge in [-0.3, -0.25) is 4.79 Å². The Kier molecular flexibility index (Phi) is 5.69. The van der Waals surface area contributed by atoms with E-state index in [-0.39, 0.29) is 12.2 Å². The summed E-state index contributed by atoms with van der Waals surface area (Å²) in [4.78, 5) is 22.9. The molecule has 0 bridgehead atoms. The summed E-state index contributed by atoms with van der Waals surface area (Å²) in [6, 6.07) is 4.34. The molecule has 1 atom stereocenters. The highest BCUT2D eigenvalue weighted by Crippen LogP contribution is 2.33. The number of halogens is 3. The van der Waals surface area contributed by atoms with Crippen molar-refractivity contribution in [2.75, 3.05) is 0 Å². The Bertz CT molecular complexity index is 582. The largest absolute Gasteiger partial charge is 0.573 e. The maximum atomic E-state index is 12.1. The van der Waals surface area contributed by atoms with E-state index in [0.29, 0.717) is 24.3 Å². The molecule has 0 aliphatic heterocycles. The predicted molar refractivity (Wildman–Crippen MR) is 78.4 cm³/mol. The fourth-order valence-corrected chi connectivity index (χ4v) is 2.29. The van der Waals surface area contributed by atoms with E-state index >= 15 is 0 Å². The zero-order valence-corrected chi connectivity index (χ0v) is 12.8. The van der Waals surface area contributed by atoms with E-state index < -0.39 is 24.3 Å². The summed E-state index contributed by atoms with van der Waals surface area (Å²) in [7, 11) is 0. The van der Waals surface area contributed by atoms with Crippen molar-refractivity contribution in [1.29, 1.82) is 0 Å². The molecule has 1 aromatic rings. The molecule has 8 heteroatoms. The minimum absolute atomic E-state index is 0.0634. The lowest BCUT2D eigenvalue weighted by Crippen LogP contribution is -2.41. The van der Waals surface area contributed by atoms with Gasteiger partial charge in [0, 0.05) is 6.42 Å². The van der Waals surface area contributed by atoms with E-state index in [1.807, 2.05) is 0 Å². The van der Waals surface area contributed by atoms with Crippen LogP contribution < -0.4 is 10.1 Å². The highest BCUT2D eigenvalue weighted by Gasteiger charge is 2.31. The SMILES string of the molecule is O=C(CCc1ccc(OC(F)(F)F)cc1)NC(CC1CC1)C(=O)O. The molecule has 1 aromatic carbocycles. The van der Waals surface area contributed by atoms with Crippen molar-refractivity contribution in [3.8, 4) is 5.75 Å². The lowest BCUT2D eigenvalue weighted by molar-refractivity contribution is -0.274. The Morgan fingerprint density at radius 2 is 1.88 bits per heavy atom. The molecule has 0 aromatic heterocycles. The van der Waals surface area contributed by atoms with Crippen LogP contribution in [-0.2, 0) is 16.0 Å². The van der Waals surface area contributed by atoms with Crippen LogP contribution in [0.15, 0.2) is 24.3 Å². The van der Waals surface area contributed by atoms with Crippen LogP contribution in [0.5, 0.6) is 5.75 Å². The Morgan fingerprint density at radius 3 is 2.38 bits per heavy atom. The number of carboxylic acids is 1. The van der Waals surface area contributed by atoms with Gasteiger partial charge in [-0.05, 0) is 36.5 Å². The van der Waals surface area contributed by atoms with Crippen LogP contribution in [0.4, 0.5) is 13.2 Å². The Morgan fingerprint density at radius 1 is 1.25 bits per heavy atom. The second kappa shape index (κ2) is 7.55. The van der Waals surface area contributed by atoms with Crippen LogP contribution in [0.25, 0.3) is 0 Å². The predicted octanol–water partition coefficient (Wildman–Crippen LogP) is 2.89. The van der Waals surface area contributed by atoms with Gasteiger partial charge in [0.1, 0.15) is 11.8 Å². The van der Waals surface area contributed by atoms with Gasteiger partial charge in [0.25, 0.3) is 0 Å². The van der Waals surface area contributed by atoms with Crippen LogP contribution in [0.1, 0.15) is 31.2 Å². The first-order valence-electron chi connectivity index (χ1n) is 7.60. The highest BCUT2D eigenvalue weighted by atomic mass is 19.4. The molecule has 1 fully saturated rings. The molecule has 24 heavy (non-hydrogen) atoms. The second-order valence-corrected chi connectivity index (χ2v) is 5.83. The topological polar surface area (TPSA) is 75.6 Å². The zero-order chi connectivity index (χ0) is 17.7. The number of ether oxygens (including phenoxy) is 1. The lowest BCUT2D eigenvalue weighted by atomic mass is 10.1. The molecule has 1 saturated carbocycles. The number of carbonyl (C=O) groups is 2. The quantitative estimate of drug-likeness (QED) is 0.760. The summed E-state index contributed by atoms with van der Waals surface area (Å²) in [5.74, 6) is -1.40. The average molecular weight is 345 g/mol. The molecule has 132 valence electrons. The molecule has 1 aliphatic carbocycles. The van der Waals surface area contributed by atoms with Gasteiger partial charge >= 0.3 is 12.3 Å². The number of hydrogen-bond acceptors (Lipinski definition) is 3. The second-order valence-electron chi connectivity index (χ2n) is 5.83. The van der Waals surface area contributed by atoms with Crippen molar-refractivity contribution >= 4 is 11.9 Å². The summed E-state index contributed by atoms with van der Waals surface area (Å²) >= 11 is 0. The number of hydrogen-bond donors (Lipinski definition) is 2. The Labute approximate surface area is 136 Å². The molecular weight excluding hydrogens is 327 g/mol. The number of amides is 1. The first-order valence-corrected chi connectivity index (χ1v) is 7.60.